The summed E-state index contributed by atoms with van der Waals surface area (Å²) in [5.74, 6) is 1.15. The number of carbonyl (C=O) groups excluding carboxylic acids is 1. The number of aryl methyl sites for hydroxylation is 1. The van der Waals surface area contributed by atoms with Gasteiger partial charge < -0.3 is 20.1 Å². The molecule has 2 atom stereocenters. The Morgan fingerprint density at radius 2 is 1.93 bits per heavy atom. The summed E-state index contributed by atoms with van der Waals surface area (Å²) in [6.45, 7) is 7.50. The van der Waals surface area contributed by atoms with Crippen molar-refractivity contribution in [3.8, 4) is 0 Å². The minimum absolute atomic E-state index is 0.120. The highest BCUT2D eigenvalue weighted by atomic mass is 16.5. The second kappa shape index (κ2) is 14.0. The van der Waals surface area contributed by atoms with Crippen LogP contribution < -0.4 is 10.6 Å². The van der Waals surface area contributed by atoms with E-state index in [1.807, 2.05) is 0 Å². The molecule has 30 heavy (non-hydrogen) atoms. The van der Waals surface area contributed by atoms with Gasteiger partial charge in [0.2, 0.25) is 0 Å². The van der Waals surface area contributed by atoms with Gasteiger partial charge in [0.05, 0.1) is 13.2 Å². The van der Waals surface area contributed by atoms with Crippen molar-refractivity contribution < 1.29 is 14.3 Å². The lowest BCUT2D eigenvalue weighted by atomic mass is 9.89. The zero-order valence-corrected chi connectivity index (χ0v) is 18.9. The molecule has 0 radical (unpaired) electrons. The summed E-state index contributed by atoms with van der Waals surface area (Å²) in [6.07, 6.45) is 6.96. The van der Waals surface area contributed by atoms with Crippen molar-refractivity contribution >= 4 is 11.9 Å². The number of aliphatic imine (C=N–C) groups is 1. The Balaban J connectivity index is 1.79. The number of nitrogens with one attached hydrogen (secondary N) is 2. The van der Waals surface area contributed by atoms with E-state index in [0.29, 0.717) is 12.3 Å². The van der Waals surface area contributed by atoms with Crippen molar-refractivity contribution in [1.82, 2.24) is 10.6 Å². The fourth-order valence-corrected chi connectivity index (χ4v) is 3.76. The topological polar surface area (TPSA) is 72.0 Å². The Morgan fingerprint density at radius 3 is 2.67 bits per heavy atom. The third-order valence-electron chi connectivity index (χ3n) is 5.51. The van der Waals surface area contributed by atoms with E-state index in [9.17, 15) is 4.79 Å². The maximum absolute atomic E-state index is 11.1. The Bertz CT molecular complexity index is 646. The first-order chi connectivity index (χ1) is 14.6. The molecule has 6 heteroatoms. The highest BCUT2D eigenvalue weighted by Crippen LogP contribution is 2.33. The van der Waals surface area contributed by atoms with Crippen LogP contribution in [0.4, 0.5) is 0 Å². The number of rotatable bonds is 11. The van der Waals surface area contributed by atoms with Crippen LogP contribution in [0.5, 0.6) is 0 Å². The standard InChI is InChI=1S/C24H39N3O3/c1-4-25-24(26-16-8-6-5-7-11-22(28)29-3)27-18-21-10-9-17-30-23(21)20-14-12-19(2)13-15-20/h12-15,21,23H,4-11,16-18H2,1-3H3,(H2,25,26,27). The Labute approximate surface area is 181 Å². The van der Waals surface area contributed by atoms with Crippen LogP contribution in [0.1, 0.15) is 69.1 Å². The van der Waals surface area contributed by atoms with E-state index in [2.05, 4.69) is 53.5 Å². The van der Waals surface area contributed by atoms with Gasteiger partial charge in [-0.3, -0.25) is 9.79 Å². The number of unbranched alkanes of at least 4 members (excludes halogenated alkanes) is 3. The van der Waals surface area contributed by atoms with Gasteiger partial charge in [0, 0.05) is 38.6 Å². The molecule has 1 aromatic rings. The third kappa shape index (κ3) is 8.74. The lowest BCUT2D eigenvalue weighted by Crippen LogP contribution is -2.38. The molecule has 2 rings (SSSR count). The molecule has 1 aliphatic heterocycles. The average Bonchev–Trinajstić information content (AvgIpc) is 2.77. The van der Waals surface area contributed by atoms with Gasteiger partial charge in [-0.1, -0.05) is 42.7 Å². The molecule has 0 aliphatic carbocycles. The molecule has 0 amide bonds. The zero-order valence-electron chi connectivity index (χ0n) is 18.9. The first-order valence-electron chi connectivity index (χ1n) is 11.4. The number of nitrogens with zero attached hydrogens (tertiary/aromatic N) is 1. The summed E-state index contributed by atoms with van der Waals surface area (Å²) >= 11 is 0. The predicted octanol–water partition coefficient (Wildman–Crippen LogP) is 4.14. The number of hydrogen-bond acceptors (Lipinski definition) is 4. The monoisotopic (exact) mass is 417 g/mol. The second-order valence-electron chi connectivity index (χ2n) is 7.99. The Morgan fingerprint density at radius 1 is 1.17 bits per heavy atom. The van der Waals surface area contributed by atoms with E-state index < -0.39 is 0 Å². The maximum Gasteiger partial charge on any atom is 0.305 e. The average molecular weight is 418 g/mol. The summed E-state index contributed by atoms with van der Waals surface area (Å²) in [7, 11) is 1.44. The van der Waals surface area contributed by atoms with E-state index >= 15 is 0 Å². The molecule has 168 valence electrons. The van der Waals surface area contributed by atoms with Crippen LogP contribution in [0.3, 0.4) is 0 Å². The molecule has 1 aliphatic rings. The minimum Gasteiger partial charge on any atom is -0.469 e. The molecular weight excluding hydrogens is 378 g/mol. The van der Waals surface area contributed by atoms with Gasteiger partial charge in [0.1, 0.15) is 0 Å². The van der Waals surface area contributed by atoms with Crippen LogP contribution in [0.15, 0.2) is 29.3 Å². The van der Waals surface area contributed by atoms with Crippen LogP contribution in [0, 0.1) is 12.8 Å². The van der Waals surface area contributed by atoms with Gasteiger partial charge >= 0.3 is 5.97 Å². The number of ether oxygens (including phenoxy) is 2. The summed E-state index contributed by atoms with van der Waals surface area (Å²) in [5.41, 5.74) is 2.53. The molecule has 1 saturated heterocycles. The maximum atomic E-state index is 11.1. The zero-order chi connectivity index (χ0) is 21.6. The van der Waals surface area contributed by atoms with Gasteiger partial charge in [-0.15, -0.1) is 0 Å². The van der Waals surface area contributed by atoms with E-state index in [4.69, 9.17) is 9.73 Å². The molecule has 1 fully saturated rings. The summed E-state index contributed by atoms with van der Waals surface area (Å²) in [4.78, 5) is 16.0. The van der Waals surface area contributed by atoms with Gasteiger partial charge in [0.15, 0.2) is 5.96 Å². The van der Waals surface area contributed by atoms with Crippen molar-refractivity contribution in [3.05, 3.63) is 35.4 Å². The molecule has 0 saturated carbocycles. The lowest BCUT2D eigenvalue weighted by Gasteiger charge is -2.31. The molecular formula is C24H39N3O3. The quantitative estimate of drug-likeness (QED) is 0.245. The van der Waals surface area contributed by atoms with E-state index in [0.717, 1.165) is 70.7 Å². The number of carbonyl (C=O) groups is 1. The molecule has 0 bridgehead atoms. The highest BCUT2D eigenvalue weighted by molar-refractivity contribution is 5.79. The van der Waals surface area contributed by atoms with Gasteiger partial charge in [-0.05, 0) is 45.1 Å². The van der Waals surface area contributed by atoms with Crippen molar-refractivity contribution in [3.63, 3.8) is 0 Å². The molecule has 2 N–H and O–H groups in total. The number of hydrogen-bond donors (Lipinski definition) is 2. The fourth-order valence-electron chi connectivity index (χ4n) is 3.76. The lowest BCUT2D eigenvalue weighted by molar-refractivity contribution is -0.140. The van der Waals surface area contributed by atoms with Crippen LogP contribution in [0.2, 0.25) is 0 Å². The van der Waals surface area contributed by atoms with Gasteiger partial charge in [0.25, 0.3) is 0 Å². The largest absolute Gasteiger partial charge is 0.469 e. The highest BCUT2D eigenvalue weighted by Gasteiger charge is 2.27. The Hall–Kier alpha value is -2.08. The van der Waals surface area contributed by atoms with Crippen LogP contribution in [-0.4, -0.2) is 45.3 Å². The SMILES string of the molecule is CCNC(=NCC1CCCOC1c1ccc(C)cc1)NCCCCCCC(=O)OC. The van der Waals surface area contributed by atoms with Crippen molar-refractivity contribution in [2.24, 2.45) is 10.9 Å². The summed E-state index contributed by atoms with van der Waals surface area (Å²) in [5, 5.41) is 6.79. The number of guanidine groups is 1. The van der Waals surface area contributed by atoms with E-state index in [1.165, 1.54) is 18.2 Å². The number of methoxy groups -OCH3 is 1. The van der Waals surface area contributed by atoms with Crippen molar-refractivity contribution in [2.45, 2.75) is 64.9 Å². The normalized spacial score (nSPS) is 19.4. The smallest absolute Gasteiger partial charge is 0.305 e. The van der Waals surface area contributed by atoms with Crippen molar-refractivity contribution in [2.75, 3.05) is 33.4 Å². The molecule has 0 aromatic heterocycles. The van der Waals surface area contributed by atoms with Crippen LogP contribution in [-0.2, 0) is 14.3 Å². The molecule has 2 unspecified atom stereocenters. The van der Waals surface area contributed by atoms with E-state index in [-0.39, 0.29) is 12.1 Å². The molecule has 6 nitrogen and oxygen atoms in total. The van der Waals surface area contributed by atoms with Crippen molar-refractivity contribution in [1.29, 1.82) is 0 Å². The number of benzene rings is 1. The predicted molar refractivity (Wildman–Crippen MR) is 122 cm³/mol. The third-order valence-corrected chi connectivity index (χ3v) is 5.51. The second-order valence-corrected chi connectivity index (χ2v) is 7.99. The van der Waals surface area contributed by atoms with E-state index in [1.54, 1.807) is 0 Å². The molecule has 1 aromatic carbocycles. The first kappa shape index (κ1) is 24.2. The minimum atomic E-state index is -0.120. The van der Waals surface area contributed by atoms with Gasteiger partial charge in [-0.25, -0.2) is 0 Å². The number of esters is 1. The summed E-state index contributed by atoms with van der Waals surface area (Å²) in [6, 6.07) is 8.69. The molecule has 1 heterocycles. The van der Waals surface area contributed by atoms with Crippen LogP contribution >= 0.6 is 0 Å². The van der Waals surface area contributed by atoms with Gasteiger partial charge in [-0.2, -0.15) is 0 Å². The first-order valence-corrected chi connectivity index (χ1v) is 11.4. The molecule has 0 spiro atoms. The summed E-state index contributed by atoms with van der Waals surface area (Å²) < 4.78 is 10.8. The fraction of sp³-hybridized carbons (Fsp3) is 0.667. The Kier molecular flexibility index (Phi) is 11.3. The van der Waals surface area contributed by atoms with Crippen LogP contribution in [0.25, 0.3) is 0 Å².